The second-order valence-corrected chi connectivity index (χ2v) is 8.99. The Balaban J connectivity index is 4.27. The Hall–Kier alpha value is -0.750. The molecule has 6 heteroatoms. The zero-order chi connectivity index (χ0) is 21.7. The Kier molecular flexibility index (Phi) is 20.0. The van der Waals surface area contributed by atoms with E-state index in [9.17, 15) is 9.59 Å². The van der Waals surface area contributed by atoms with E-state index >= 15 is 0 Å². The van der Waals surface area contributed by atoms with E-state index in [1.165, 1.54) is 50.3 Å². The summed E-state index contributed by atoms with van der Waals surface area (Å²) in [4.78, 5) is 24.5. The predicted octanol–water partition coefficient (Wildman–Crippen LogP) is 6.28. The largest absolute Gasteiger partial charge is 0.466 e. The lowest BCUT2D eigenvalue weighted by atomic mass is 10.1. The molecule has 0 amide bonds. The Bertz CT molecular complexity index is 403. The van der Waals surface area contributed by atoms with Gasteiger partial charge in [-0.25, -0.2) is 0 Å². The van der Waals surface area contributed by atoms with Gasteiger partial charge in [0.15, 0.2) is 0 Å². The van der Waals surface area contributed by atoms with E-state index in [-0.39, 0.29) is 23.8 Å². The molecule has 0 fully saturated rings. The maximum Gasteiger partial charge on any atom is 0.319 e. The molecular formula is C23H44O5S. The molecule has 0 aliphatic heterocycles. The number of ether oxygens (including phenoxy) is 3. The van der Waals surface area contributed by atoms with Gasteiger partial charge in [-0.05, 0) is 26.2 Å². The molecule has 5 nitrogen and oxygen atoms in total. The van der Waals surface area contributed by atoms with Gasteiger partial charge in [0.1, 0.15) is 10.7 Å². The summed E-state index contributed by atoms with van der Waals surface area (Å²) in [5.74, 6) is -0.690. The third-order valence-corrected chi connectivity index (χ3v) is 5.78. The molecule has 0 aliphatic carbocycles. The SMILES string of the molecule is CCCCCCCCCOC(C)SC(CC(=O)OCCCC)C(=O)OCCCC. The highest BCUT2D eigenvalue weighted by atomic mass is 32.2. The minimum absolute atomic E-state index is 0.0322. The van der Waals surface area contributed by atoms with E-state index in [1.54, 1.807) is 0 Å². The molecule has 0 aromatic heterocycles. The number of hydrogen-bond donors (Lipinski definition) is 0. The van der Waals surface area contributed by atoms with E-state index in [0.29, 0.717) is 19.8 Å². The molecule has 172 valence electrons. The van der Waals surface area contributed by atoms with Crippen LogP contribution in [0.1, 0.15) is 105 Å². The number of rotatable bonds is 20. The molecule has 0 heterocycles. The fourth-order valence-corrected chi connectivity index (χ4v) is 3.77. The zero-order valence-corrected chi connectivity index (χ0v) is 20.0. The number of carbonyl (C=O) groups is 2. The van der Waals surface area contributed by atoms with Crippen LogP contribution >= 0.6 is 11.8 Å². The van der Waals surface area contributed by atoms with Crippen LogP contribution in [0.3, 0.4) is 0 Å². The van der Waals surface area contributed by atoms with Crippen molar-refractivity contribution in [2.75, 3.05) is 19.8 Å². The fraction of sp³-hybridized carbons (Fsp3) is 0.913. The first-order valence-corrected chi connectivity index (χ1v) is 12.6. The number of unbranched alkanes of at least 4 members (excludes halogenated alkanes) is 8. The van der Waals surface area contributed by atoms with Crippen molar-refractivity contribution in [3.8, 4) is 0 Å². The first-order valence-electron chi connectivity index (χ1n) is 11.6. The fourth-order valence-electron chi connectivity index (χ4n) is 2.72. The molecule has 0 spiro atoms. The Labute approximate surface area is 183 Å². The topological polar surface area (TPSA) is 61.8 Å². The second kappa shape index (κ2) is 20.5. The first kappa shape index (κ1) is 28.2. The molecular weight excluding hydrogens is 388 g/mol. The molecule has 0 rings (SSSR count). The van der Waals surface area contributed by atoms with Gasteiger partial charge in [-0.2, -0.15) is 0 Å². The van der Waals surface area contributed by atoms with Gasteiger partial charge in [-0.1, -0.05) is 72.1 Å². The van der Waals surface area contributed by atoms with E-state index in [4.69, 9.17) is 14.2 Å². The summed E-state index contributed by atoms with van der Waals surface area (Å²) in [6.07, 6.45) is 12.3. The van der Waals surface area contributed by atoms with Gasteiger partial charge in [0.05, 0.1) is 19.6 Å². The van der Waals surface area contributed by atoms with Crippen molar-refractivity contribution in [2.24, 2.45) is 0 Å². The third-order valence-electron chi connectivity index (χ3n) is 4.57. The summed E-state index contributed by atoms with van der Waals surface area (Å²) >= 11 is 1.36. The maximum absolute atomic E-state index is 12.4. The van der Waals surface area contributed by atoms with Gasteiger partial charge < -0.3 is 14.2 Å². The quantitative estimate of drug-likeness (QED) is 0.128. The van der Waals surface area contributed by atoms with Crippen molar-refractivity contribution in [3.63, 3.8) is 0 Å². The molecule has 0 saturated carbocycles. The number of hydrogen-bond acceptors (Lipinski definition) is 6. The van der Waals surface area contributed by atoms with Crippen molar-refractivity contribution in [1.29, 1.82) is 0 Å². The Morgan fingerprint density at radius 1 is 0.724 bits per heavy atom. The first-order chi connectivity index (χ1) is 14.0. The average molecular weight is 433 g/mol. The highest BCUT2D eigenvalue weighted by Crippen LogP contribution is 2.24. The van der Waals surface area contributed by atoms with Crippen LogP contribution in [0.4, 0.5) is 0 Å². The van der Waals surface area contributed by atoms with Crippen molar-refractivity contribution < 1.29 is 23.8 Å². The monoisotopic (exact) mass is 432 g/mol. The lowest BCUT2D eigenvalue weighted by Crippen LogP contribution is -2.27. The van der Waals surface area contributed by atoms with Gasteiger partial charge >= 0.3 is 11.9 Å². The van der Waals surface area contributed by atoms with Crippen molar-refractivity contribution in [3.05, 3.63) is 0 Å². The van der Waals surface area contributed by atoms with Crippen LogP contribution in [-0.2, 0) is 23.8 Å². The lowest BCUT2D eigenvalue weighted by Gasteiger charge is -2.20. The summed E-state index contributed by atoms with van der Waals surface area (Å²) in [6, 6.07) is 0. The normalized spacial score (nSPS) is 13.1. The number of thioether (sulfide) groups is 1. The van der Waals surface area contributed by atoms with Gasteiger partial charge in [0, 0.05) is 6.61 Å². The van der Waals surface area contributed by atoms with E-state index in [1.807, 2.05) is 20.8 Å². The van der Waals surface area contributed by atoms with Gasteiger partial charge in [0.25, 0.3) is 0 Å². The van der Waals surface area contributed by atoms with Gasteiger partial charge in [-0.15, -0.1) is 11.8 Å². The summed E-state index contributed by atoms with van der Waals surface area (Å²) in [5.41, 5.74) is -0.165. The van der Waals surface area contributed by atoms with Crippen LogP contribution in [0.5, 0.6) is 0 Å². The molecule has 29 heavy (non-hydrogen) atoms. The van der Waals surface area contributed by atoms with Crippen LogP contribution in [0.25, 0.3) is 0 Å². The van der Waals surface area contributed by atoms with Gasteiger partial charge in [0.2, 0.25) is 0 Å². The standard InChI is InChI=1S/C23H44O5S/c1-5-8-11-12-13-14-15-18-26-20(4)29-21(23(25)28-17-10-7-3)19-22(24)27-16-9-6-2/h20-21H,5-19H2,1-4H3. The Morgan fingerprint density at radius 2 is 1.28 bits per heavy atom. The molecule has 0 bridgehead atoms. The van der Waals surface area contributed by atoms with E-state index in [2.05, 4.69) is 6.92 Å². The van der Waals surface area contributed by atoms with Crippen LogP contribution < -0.4 is 0 Å². The molecule has 0 N–H and O–H groups in total. The smallest absolute Gasteiger partial charge is 0.319 e. The number of esters is 2. The van der Waals surface area contributed by atoms with E-state index < -0.39 is 5.25 Å². The molecule has 0 aliphatic rings. The minimum Gasteiger partial charge on any atom is -0.466 e. The van der Waals surface area contributed by atoms with Crippen molar-refractivity contribution in [1.82, 2.24) is 0 Å². The molecule has 0 aromatic rings. The zero-order valence-electron chi connectivity index (χ0n) is 19.2. The molecule has 0 aromatic carbocycles. The molecule has 2 atom stereocenters. The maximum atomic E-state index is 12.4. The van der Waals surface area contributed by atoms with Crippen LogP contribution in [0.15, 0.2) is 0 Å². The predicted molar refractivity (Wildman–Crippen MR) is 121 cm³/mol. The van der Waals surface area contributed by atoms with Crippen molar-refractivity contribution >= 4 is 23.7 Å². The average Bonchev–Trinajstić information content (AvgIpc) is 2.69. The summed E-state index contributed by atoms with van der Waals surface area (Å²) in [5, 5.41) is -0.579. The van der Waals surface area contributed by atoms with Crippen molar-refractivity contribution in [2.45, 2.75) is 115 Å². The lowest BCUT2D eigenvalue weighted by molar-refractivity contribution is -0.149. The highest BCUT2D eigenvalue weighted by molar-refractivity contribution is 8.01. The highest BCUT2D eigenvalue weighted by Gasteiger charge is 2.27. The Morgan fingerprint density at radius 3 is 1.90 bits per heavy atom. The third kappa shape index (κ3) is 17.8. The second-order valence-electron chi connectivity index (χ2n) is 7.48. The van der Waals surface area contributed by atoms with Crippen LogP contribution in [-0.4, -0.2) is 42.4 Å². The minimum atomic E-state index is -0.579. The van der Waals surface area contributed by atoms with Gasteiger partial charge in [-0.3, -0.25) is 9.59 Å². The molecule has 2 unspecified atom stereocenters. The molecule has 0 saturated heterocycles. The van der Waals surface area contributed by atoms with E-state index in [0.717, 1.165) is 32.1 Å². The summed E-state index contributed by atoms with van der Waals surface area (Å²) in [7, 11) is 0. The molecule has 0 radical (unpaired) electrons. The van der Waals surface area contributed by atoms with Crippen LogP contribution in [0, 0.1) is 0 Å². The van der Waals surface area contributed by atoms with Crippen LogP contribution in [0.2, 0.25) is 0 Å². The summed E-state index contributed by atoms with van der Waals surface area (Å²) < 4.78 is 16.4. The summed E-state index contributed by atoms with van der Waals surface area (Å²) in [6.45, 7) is 9.73. The number of carbonyl (C=O) groups excluding carboxylic acids is 2.